The van der Waals surface area contributed by atoms with E-state index in [1.54, 1.807) is 18.4 Å². The number of carbonyl (C=O) groups is 1. The lowest BCUT2D eigenvalue weighted by atomic mass is 10.2. The van der Waals surface area contributed by atoms with E-state index in [1.807, 2.05) is 24.6 Å². The van der Waals surface area contributed by atoms with Gasteiger partial charge in [0.2, 0.25) is 5.78 Å². The molecule has 3 aromatic rings. The highest BCUT2D eigenvalue weighted by atomic mass is 16.2. The van der Waals surface area contributed by atoms with Gasteiger partial charge in [-0.2, -0.15) is 4.98 Å². The van der Waals surface area contributed by atoms with Gasteiger partial charge >= 0.3 is 5.69 Å². The lowest BCUT2D eigenvalue weighted by Gasteiger charge is -2.12. The van der Waals surface area contributed by atoms with E-state index in [9.17, 15) is 14.4 Å². The first-order valence-electron chi connectivity index (χ1n) is 7.49. The van der Waals surface area contributed by atoms with Crippen molar-refractivity contribution in [3.8, 4) is 0 Å². The van der Waals surface area contributed by atoms with Crippen LogP contribution in [0.3, 0.4) is 0 Å². The van der Waals surface area contributed by atoms with E-state index in [2.05, 4.69) is 4.98 Å². The van der Waals surface area contributed by atoms with Gasteiger partial charge in [0.1, 0.15) is 0 Å². The molecule has 122 valence electrons. The average molecular weight is 317 g/mol. The van der Waals surface area contributed by atoms with Gasteiger partial charge in [-0.1, -0.05) is 0 Å². The zero-order valence-corrected chi connectivity index (χ0v) is 13.8. The van der Waals surface area contributed by atoms with E-state index < -0.39 is 17.3 Å². The highest BCUT2D eigenvalue weighted by Crippen LogP contribution is 2.16. The van der Waals surface area contributed by atoms with Crippen molar-refractivity contribution in [3.05, 3.63) is 32.7 Å². The molecular formula is C15H19N5O3. The maximum absolute atomic E-state index is 12.9. The smallest absolute Gasteiger partial charge is 0.314 e. The molecule has 0 aliphatic carbocycles. The maximum atomic E-state index is 12.9. The second kappa shape index (κ2) is 4.94. The highest BCUT2D eigenvalue weighted by molar-refractivity contribution is 5.80. The number of nitrogens with zero attached hydrogens (tertiary/aromatic N) is 5. The molecule has 0 saturated heterocycles. The molecule has 0 aromatic carbocycles. The lowest BCUT2D eigenvalue weighted by Crippen LogP contribution is -2.42. The van der Waals surface area contributed by atoms with E-state index in [0.29, 0.717) is 23.5 Å². The fraction of sp³-hybridized carbons (Fsp3) is 0.467. The molecule has 1 atom stereocenters. The molecule has 3 heterocycles. The van der Waals surface area contributed by atoms with Crippen molar-refractivity contribution in [2.24, 2.45) is 7.05 Å². The van der Waals surface area contributed by atoms with Crippen LogP contribution in [0, 0.1) is 6.92 Å². The third-order valence-electron chi connectivity index (χ3n) is 4.38. The summed E-state index contributed by atoms with van der Waals surface area (Å²) in [5.74, 6) is 0.368. The van der Waals surface area contributed by atoms with Gasteiger partial charge < -0.3 is 4.57 Å². The van der Waals surface area contributed by atoms with Crippen molar-refractivity contribution in [3.63, 3.8) is 0 Å². The fourth-order valence-electron chi connectivity index (χ4n) is 2.94. The van der Waals surface area contributed by atoms with E-state index in [-0.39, 0.29) is 5.78 Å². The zero-order chi connectivity index (χ0) is 17.0. The Labute approximate surface area is 131 Å². The van der Waals surface area contributed by atoms with Gasteiger partial charge in [0.15, 0.2) is 16.9 Å². The van der Waals surface area contributed by atoms with Crippen LogP contribution in [0.4, 0.5) is 0 Å². The van der Waals surface area contributed by atoms with Crippen LogP contribution in [0.5, 0.6) is 0 Å². The standard InChI is InChI=1S/C15H19N5O3/c1-6-18-8(2)7-19-11-12(16-14(18)19)17(5)15(23)20(13(11)22)9(3)10(4)21/h7,9H,6H2,1-5H3/t9-/m1/s1. The molecule has 0 aliphatic heterocycles. The van der Waals surface area contributed by atoms with E-state index in [0.717, 1.165) is 10.3 Å². The van der Waals surface area contributed by atoms with Crippen molar-refractivity contribution >= 4 is 22.7 Å². The van der Waals surface area contributed by atoms with E-state index >= 15 is 0 Å². The molecule has 3 rings (SSSR count). The van der Waals surface area contributed by atoms with Crippen molar-refractivity contribution < 1.29 is 4.79 Å². The maximum Gasteiger partial charge on any atom is 0.333 e. The van der Waals surface area contributed by atoms with Crippen LogP contribution >= 0.6 is 0 Å². The summed E-state index contributed by atoms with van der Waals surface area (Å²) in [5, 5.41) is 0. The lowest BCUT2D eigenvalue weighted by molar-refractivity contribution is -0.119. The molecule has 8 heteroatoms. The number of aromatic nitrogens is 5. The minimum absolute atomic E-state index is 0.244. The summed E-state index contributed by atoms with van der Waals surface area (Å²) in [6.07, 6.45) is 1.82. The molecule has 0 amide bonds. The highest BCUT2D eigenvalue weighted by Gasteiger charge is 2.23. The number of hydrogen-bond donors (Lipinski definition) is 0. The minimum atomic E-state index is -0.814. The van der Waals surface area contributed by atoms with Gasteiger partial charge in [-0.25, -0.2) is 9.36 Å². The first-order chi connectivity index (χ1) is 10.8. The number of ketones is 1. The van der Waals surface area contributed by atoms with Crippen LogP contribution in [0.25, 0.3) is 16.9 Å². The van der Waals surface area contributed by atoms with E-state index in [1.165, 1.54) is 11.5 Å². The third-order valence-corrected chi connectivity index (χ3v) is 4.38. The van der Waals surface area contributed by atoms with Crippen LogP contribution in [-0.4, -0.2) is 28.9 Å². The second-order valence-electron chi connectivity index (χ2n) is 5.77. The zero-order valence-electron chi connectivity index (χ0n) is 13.8. The predicted octanol–water partition coefficient (Wildman–Crippen LogP) is 0.628. The van der Waals surface area contributed by atoms with Crippen molar-refractivity contribution in [1.29, 1.82) is 0 Å². The van der Waals surface area contributed by atoms with Crippen molar-refractivity contribution in [2.75, 3.05) is 0 Å². The molecule has 0 fully saturated rings. The molecular weight excluding hydrogens is 298 g/mol. The molecule has 0 bridgehead atoms. The number of rotatable bonds is 3. The Morgan fingerprint density at radius 3 is 2.57 bits per heavy atom. The predicted molar refractivity (Wildman–Crippen MR) is 86.0 cm³/mol. The number of fused-ring (bicyclic) bond motifs is 3. The number of carbonyl (C=O) groups excluding carboxylic acids is 1. The molecule has 0 aliphatic rings. The van der Waals surface area contributed by atoms with Crippen molar-refractivity contribution in [1.82, 2.24) is 23.1 Å². The van der Waals surface area contributed by atoms with Crippen LogP contribution in [0.2, 0.25) is 0 Å². The molecule has 23 heavy (non-hydrogen) atoms. The van der Waals surface area contributed by atoms with Crippen LogP contribution in [0.1, 0.15) is 32.5 Å². The van der Waals surface area contributed by atoms with Gasteiger partial charge in [-0.15, -0.1) is 0 Å². The average Bonchev–Trinajstić information content (AvgIpc) is 2.99. The van der Waals surface area contributed by atoms with Gasteiger partial charge in [0.25, 0.3) is 5.56 Å². The Morgan fingerprint density at radius 2 is 2.00 bits per heavy atom. The number of imidazole rings is 2. The quantitative estimate of drug-likeness (QED) is 0.709. The molecule has 0 unspecified atom stereocenters. The first-order valence-corrected chi connectivity index (χ1v) is 7.49. The largest absolute Gasteiger partial charge is 0.333 e. The number of hydrogen-bond acceptors (Lipinski definition) is 4. The summed E-state index contributed by atoms with van der Waals surface area (Å²) in [6.45, 7) is 7.55. The van der Waals surface area contributed by atoms with Gasteiger partial charge in [0, 0.05) is 25.5 Å². The number of Topliss-reactive ketones (excluding diaryl/α,β-unsaturated/α-hetero) is 1. The number of aryl methyl sites for hydroxylation is 3. The SMILES string of the molecule is CCn1c(C)cn2c3c(=O)n([C@H](C)C(C)=O)c(=O)n(C)c3nc12. The van der Waals surface area contributed by atoms with Crippen molar-refractivity contribution in [2.45, 2.75) is 40.3 Å². The molecule has 0 N–H and O–H groups in total. The Balaban J connectivity index is 2.56. The summed E-state index contributed by atoms with van der Waals surface area (Å²) >= 11 is 0. The summed E-state index contributed by atoms with van der Waals surface area (Å²) in [6, 6.07) is -0.814. The summed E-state index contributed by atoms with van der Waals surface area (Å²) in [5.41, 5.74) is 0.572. The Hall–Kier alpha value is -2.64. The van der Waals surface area contributed by atoms with E-state index in [4.69, 9.17) is 0 Å². The normalized spacial score (nSPS) is 13.1. The fourth-order valence-corrected chi connectivity index (χ4v) is 2.94. The summed E-state index contributed by atoms with van der Waals surface area (Å²) < 4.78 is 5.97. The van der Waals surface area contributed by atoms with Gasteiger partial charge in [-0.05, 0) is 27.7 Å². The Kier molecular flexibility index (Phi) is 3.28. The second-order valence-corrected chi connectivity index (χ2v) is 5.77. The van der Waals surface area contributed by atoms with Gasteiger partial charge in [0.05, 0.1) is 6.04 Å². The molecule has 0 saturated carbocycles. The molecule has 0 radical (unpaired) electrons. The molecule has 3 aromatic heterocycles. The first kappa shape index (κ1) is 15.3. The summed E-state index contributed by atoms with van der Waals surface area (Å²) in [7, 11) is 1.56. The summed E-state index contributed by atoms with van der Waals surface area (Å²) in [4.78, 5) is 41.5. The molecule has 0 spiro atoms. The molecule has 8 nitrogen and oxygen atoms in total. The monoisotopic (exact) mass is 317 g/mol. The Morgan fingerprint density at radius 1 is 1.35 bits per heavy atom. The van der Waals surface area contributed by atoms with Gasteiger partial charge in [-0.3, -0.25) is 18.6 Å². The van der Waals surface area contributed by atoms with Crippen LogP contribution < -0.4 is 11.2 Å². The Bertz CT molecular complexity index is 1060. The topological polar surface area (TPSA) is 83.3 Å². The van der Waals surface area contributed by atoms with Crippen LogP contribution in [-0.2, 0) is 18.4 Å². The van der Waals surface area contributed by atoms with Crippen LogP contribution in [0.15, 0.2) is 15.8 Å². The minimum Gasteiger partial charge on any atom is -0.314 e. The third kappa shape index (κ3) is 1.90.